The van der Waals surface area contributed by atoms with Crippen LogP contribution in [0, 0.1) is 32.6 Å². The van der Waals surface area contributed by atoms with Crippen LogP contribution in [0.2, 0.25) is 0 Å². The first-order valence-electron chi connectivity index (χ1n) is 10.7. The molecule has 0 bridgehead atoms. The molecular weight excluding hydrogens is 376 g/mol. The Morgan fingerprint density at radius 1 is 0.867 bits per heavy atom. The van der Waals surface area contributed by atoms with Gasteiger partial charge in [-0.2, -0.15) is 0 Å². The topological polar surface area (TPSA) is 57.7 Å². The van der Waals surface area contributed by atoms with Crippen molar-refractivity contribution < 1.29 is 14.4 Å². The number of benzene rings is 2. The second kappa shape index (κ2) is 6.88. The summed E-state index contributed by atoms with van der Waals surface area (Å²) >= 11 is 0. The van der Waals surface area contributed by atoms with E-state index in [4.69, 9.17) is 0 Å². The van der Waals surface area contributed by atoms with Gasteiger partial charge in [0.2, 0.25) is 11.8 Å². The third kappa shape index (κ3) is 2.76. The van der Waals surface area contributed by atoms with Crippen molar-refractivity contribution in [3.63, 3.8) is 0 Å². The first kappa shape index (κ1) is 19.2. The molecule has 4 atom stereocenters. The fourth-order valence-corrected chi connectivity index (χ4v) is 5.74. The maximum Gasteiger partial charge on any atom is 0.239 e. The summed E-state index contributed by atoms with van der Waals surface area (Å²) in [5.41, 5.74) is 4.35. The van der Waals surface area contributed by atoms with Crippen LogP contribution < -0.4 is 4.90 Å². The quantitative estimate of drug-likeness (QED) is 0.583. The fraction of sp³-hybridized carbons (Fsp3) is 0.400. The lowest BCUT2D eigenvalue weighted by Crippen LogP contribution is -2.46. The maximum atomic E-state index is 13.6. The SMILES string of the molecule is Cc1ccc(C(=O)[C@@H]2[C@@H]3C(=O)N(c4cc(C)cc(C)c4)C(=O)[C@H]3[C@H]3CCCN32)cc1. The molecule has 2 aromatic carbocycles. The molecule has 3 fully saturated rings. The summed E-state index contributed by atoms with van der Waals surface area (Å²) in [5, 5.41) is 0. The highest BCUT2D eigenvalue weighted by Gasteiger charge is 2.64. The predicted octanol–water partition coefficient (Wildman–Crippen LogP) is 3.45. The Hall–Kier alpha value is -2.79. The number of fused-ring (bicyclic) bond motifs is 3. The zero-order chi connectivity index (χ0) is 21.2. The van der Waals surface area contributed by atoms with E-state index in [1.54, 1.807) is 0 Å². The zero-order valence-electron chi connectivity index (χ0n) is 17.6. The van der Waals surface area contributed by atoms with Gasteiger partial charge in [-0.05, 0) is 63.4 Å². The van der Waals surface area contributed by atoms with E-state index in [0.29, 0.717) is 11.3 Å². The van der Waals surface area contributed by atoms with E-state index in [1.165, 1.54) is 4.90 Å². The number of anilines is 1. The van der Waals surface area contributed by atoms with E-state index >= 15 is 0 Å². The minimum absolute atomic E-state index is 0.0262. The van der Waals surface area contributed by atoms with Crippen molar-refractivity contribution in [3.05, 3.63) is 64.7 Å². The Kier molecular flexibility index (Phi) is 4.40. The molecule has 2 aromatic rings. The van der Waals surface area contributed by atoms with Gasteiger partial charge in [-0.25, -0.2) is 4.90 Å². The Balaban J connectivity index is 1.56. The molecule has 0 N–H and O–H groups in total. The number of imide groups is 1. The molecule has 0 radical (unpaired) electrons. The van der Waals surface area contributed by atoms with Crippen LogP contribution in [-0.4, -0.2) is 41.1 Å². The Morgan fingerprint density at radius 3 is 2.17 bits per heavy atom. The molecule has 5 nitrogen and oxygen atoms in total. The van der Waals surface area contributed by atoms with Gasteiger partial charge in [0.05, 0.1) is 23.6 Å². The number of Topliss-reactive ketones (excluding diaryl/α,β-unsaturated/α-hetero) is 1. The van der Waals surface area contributed by atoms with E-state index < -0.39 is 17.9 Å². The molecule has 30 heavy (non-hydrogen) atoms. The highest BCUT2D eigenvalue weighted by atomic mass is 16.2. The van der Waals surface area contributed by atoms with Crippen molar-refractivity contribution >= 4 is 23.3 Å². The zero-order valence-corrected chi connectivity index (χ0v) is 17.6. The van der Waals surface area contributed by atoms with Gasteiger partial charge in [-0.15, -0.1) is 0 Å². The number of carbonyl (C=O) groups is 3. The molecule has 5 rings (SSSR count). The molecule has 0 unspecified atom stereocenters. The number of amides is 2. The van der Waals surface area contributed by atoms with Crippen LogP contribution >= 0.6 is 0 Å². The molecule has 0 spiro atoms. The highest BCUT2D eigenvalue weighted by Crippen LogP contribution is 2.48. The molecule has 0 aromatic heterocycles. The van der Waals surface area contributed by atoms with E-state index in [2.05, 4.69) is 4.90 Å². The standard InChI is InChI=1S/C25H26N2O3/c1-14-6-8-17(9-7-14)23(28)22-21-20(19-5-4-10-26(19)22)24(29)27(25(21)30)18-12-15(2)11-16(3)13-18/h6-9,11-13,19-22H,4-5,10H2,1-3H3/t19-,20+,21-,22+/m1/s1. The fourth-order valence-electron chi connectivity index (χ4n) is 5.74. The van der Waals surface area contributed by atoms with Crippen LogP contribution in [0.3, 0.4) is 0 Å². The van der Waals surface area contributed by atoms with Gasteiger partial charge >= 0.3 is 0 Å². The molecule has 0 aliphatic carbocycles. The summed E-state index contributed by atoms with van der Waals surface area (Å²) < 4.78 is 0. The predicted molar refractivity (Wildman–Crippen MR) is 114 cm³/mol. The number of carbonyl (C=O) groups excluding carboxylic acids is 3. The summed E-state index contributed by atoms with van der Waals surface area (Å²) in [6, 6.07) is 12.7. The molecule has 3 saturated heterocycles. The van der Waals surface area contributed by atoms with Gasteiger partial charge in [0, 0.05) is 11.6 Å². The normalized spacial score (nSPS) is 28.2. The molecule has 3 heterocycles. The van der Waals surface area contributed by atoms with Crippen LogP contribution in [0.4, 0.5) is 5.69 Å². The Morgan fingerprint density at radius 2 is 1.50 bits per heavy atom. The third-order valence-corrected chi connectivity index (χ3v) is 6.92. The molecule has 154 valence electrons. The van der Waals surface area contributed by atoms with Crippen molar-refractivity contribution in [2.75, 3.05) is 11.4 Å². The van der Waals surface area contributed by atoms with Gasteiger partial charge in [-0.1, -0.05) is 35.9 Å². The van der Waals surface area contributed by atoms with E-state index in [9.17, 15) is 14.4 Å². The Bertz CT molecular complexity index is 1040. The number of hydrogen-bond acceptors (Lipinski definition) is 4. The summed E-state index contributed by atoms with van der Waals surface area (Å²) in [6.45, 7) is 6.68. The number of hydrogen-bond donors (Lipinski definition) is 0. The van der Waals surface area contributed by atoms with Crippen molar-refractivity contribution in [3.8, 4) is 0 Å². The number of aryl methyl sites for hydroxylation is 3. The molecular formula is C25H26N2O3. The van der Waals surface area contributed by atoms with Crippen LogP contribution in [-0.2, 0) is 9.59 Å². The second-order valence-electron chi connectivity index (χ2n) is 9.03. The lowest BCUT2D eigenvalue weighted by atomic mass is 9.85. The molecule has 3 aliphatic rings. The second-order valence-corrected chi connectivity index (χ2v) is 9.03. The van der Waals surface area contributed by atoms with Crippen LogP contribution in [0.5, 0.6) is 0 Å². The minimum atomic E-state index is -0.600. The summed E-state index contributed by atoms with van der Waals surface area (Å²) in [5.74, 6) is -1.45. The molecule has 2 amide bonds. The molecule has 0 saturated carbocycles. The van der Waals surface area contributed by atoms with E-state index in [1.807, 2.05) is 63.2 Å². The lowest BCUT2D eigenvalue weighted by molar-refractivity contribution is -0.123. The first-order chi connectivity index (χ1) is 14.4. The maximum absolute atomic E-state index is 13.6. The van der Waals surface area contributed by atoms with Crippen LogP contribution in [0.15, 0.2) is 42.5 Å². The van der Waals surface area contributed by atoms with Crippen LogP contribution in [0.1, 0.15) is 39.9 Å². The van der Waals surface area contributed by atoms with E-state index in [0.717, 1.165) is 36.1 Å². The average Bonchev–Trinajstić information content (AvgIpc) is 3.33. The smallest absolute Gasteiger partial charge is 0.239 e. The van der Waals surface area contributed by atoms with Crippen molar-refractivity contribution in [1.29, 1.82) is 0 Å². The van der Waals surface area contributed by atoms with Gasteiger partial charge in [0.25, 0.3) is 0 Å². The summed E-state index contributed by atoms with van der Waals surface area (Å²) in [4.78, 5) is 44.1. The largest absolute Gasteiger partial charge is 0.292 e. The van der Waals surface area contributed by atoms with E-state index in [-0.39, 0.29) is 23.6 Å². The average molecular weight is 402 g/mol. The van der Waals surface area contributed by atoms with Gasteiger partial charge in [0.15, 0.2) is 5.78 Å². The van der Waals surface area contributed by atoms with Crippen LogP contribution in [0.25, 0.3) is 0 Å². The number of nitrogens with zero attached hydrogens (tertiary/aromatic N) is 2. The monoisotopic (exact) mass is 402 g/mol. The van der Waals surface area contributed by atoms with Crippen molar-refractivity contribution in [2.45, 2.75) is 45.7 Å². The molecule has 3 aliphatic heterocycles. The minimum Gasteiger partial charge on any atom is -0.292 e. The highest BCUT2D eigenvalue weighted by molar-refractivity contribution is 6.24. The Labute approximate surface area is 176 Å². The third-order valence-electron chi connectivity index (χ3n) is 6.92. The van der Waals surface area contributed by atoms with Crippen molar-refractivity contribution in [1.82, 2.24) is 4.90 Å². The summed E-state index contributed by atoms with van der Waals surface area (Å²) in [7, 11) is 0. The molecule has 5 heteroatoms. The van der Waals surface area contributed by atoms with Gasteiger partial charge in [0.1, 0.15) is 0 Å². The number of ketones is 1. The number of rotatable bonds is 3. The lowest BCUT2D eigenvalue weighted by Gasteiger charge is -2.27. The van der Waals surface area contributed by atoms with Crippen molar-refractivity contribution in [2.24, 2.45) is 11.8 Å². The summed E-state index contributed by atoms with van der Waals surface area (Å²) in [6.07, 6.45) is 1.81. The van der Waals surface area contributed by atoms with Gasteiger partial charge < -0.3 is 0 Å². The van der Waals surface area contributed by atoms with Gasteiger partial charge in [-0.3, -0.25) is 19.3 Å². The first-order valence-corrected chi connectivity index (χ1v) is 10.7.